The van der Waals surface area contributed by atoms with E-state index in [0.717, 1.165) is 5.56 Å². The van der Waals surface area contributed by atoms with Gasteiger partial charge in [0.2, 0.25) is 11.8 Å². The predicted molar refractivity (Wildman–Crippen MR) is 129 cm³/mol. The molecule has 184 valence electrons. The second-order valence-electron chi connectivity index (χ2n) is 8.82. The smallest absolute Gasteiger partial charge is 0.408 e. The second kappa shape index (κ2) is 9.99. The number of benzene rings is 2. The number of esters is 1. The Labute approximate surface area is 207 Å². The second-order valence-corrected chi connectivity index (χ2v) is 10.6. The van der Waals surface area contributed by atoms with Crippen molar-refractivity contribution >= 4 is 35.6 Å². The highest BCUT2D eigenvalue weighted by molar-refractivity contribution is 8.01. The highest BCUT2D eigenvalue weighted by Gasteiger charge is 2.64. The van der Waals surface area contributed by atoms with E-state index in [1.807, 2.05) is 44.2 Å². The number of rotatable bonds is 7. The highest BCUT2D eigenvalue weighted by Crippen LogP contribution is 2.51. The van der Waals surface area contributed by atoms with Crippen molar-refractivity contribution in [1.82, 2.24) is 15.5 Å². The van der Waals surface area contributed by atoms with Crippen molar-refractivity contribution in [3.63, 3.8) is 0 Å². The van der Waals surface area contributed by atoms with E-state index in [1.54, 1.807) is 30.3 Å². The van der Waals surface area contributed by atoms with Gasteiger partial charge in [0.15, 0.2) is 0 Å². The number of alkyl carbamates (subject to hydrolysis) is 1. The van der Waals surface area contributed by atoms with Crippen LogP contribution in [0.1, 0.15) is 31.0 Å². The maximum absolute atomic E-state index is 13.3. The summed E-state index contributed by atoms with van der Waals surface area (Å²) in [6.07, 6.45) is -0.762. The third-order valence-corrected chi connectivity index (χ3v) is 7.60. The van der Waals surface area contributed by atoms with Crippen LogP contribution in [0.25, 0.3) is 0 Å². The van der Waals surface area contributed by atoms with Crippen molar-refractivity contribution < 1.29 is 28.7 Å². The maximum Gasteiger partial charge on any atom is 0.408 e. The Morgan fingerprint density at radius 2 is 1.69 bits per heavy atom. The Hall–Kier alpha value is -3.53. The summed E-state index contributed by atoms with van der Waals surface area (Å²) in [7, 11) is 1.28. The molecular weight excluding hydrogens is 470 g/mol. The number of carbonyl (C=O) groups is 4. The van der Waals surface area contributed by atoms with E-state index in [9.17, 15) is 19.2 Å². The van der Waals surface area contributed by atoms with Gasteiger partial charge in [0.05, 0.1) is 7.11 Å². The van der Waals surface area contributed by atoms with Crippen LogP contribution in [0, 0.1) is 0 Å². The standard InChI is InChI=1S/C25H27N3O6S/c1-25(2)19(23(31)33-3)28-21(30)18(22(28)35-25)26-20(29)17(16-12-8-5-9-13-16)27-24(32)34-14-15-10-6-4-7-11-15/h4-13,17-19,22H,14H2,1-3H3,(H,26,29)(H,27,32)/t17-,18?,19+,22-/m1/s1. The summed E-state index contributed by atoms with van der Waals surface area (Å²) in [5.74, 6) is -1.41. The lowest BCUT2D eigenvalue weighted by molar-refractivity contribution is -0.162. The lowest BCUT2D eigenvalue weighted by Gasteiger charge is -2.44. The summed E-state index contributed by atoms with van der Waals surface area (Å²) in [5.41, 5.74) is 1.35. The number of thioether (sulfide) groups is 1. The molecule has 1 unspecified atom stereocenters. The molecule has 35 heavy (non-hydrogen) atoms. The van der Waals surface area contributed by atoms with Gasteiger partial charge in [0, 0.05) is 4.75 Å². The first-order valence-electron chi connectivity index (χ1n) is 11.1. The highest BCUT2D eigenvalue weighted by atomic mass is 32.2. The molecule has 0 aliphatic carbocycles. The van der Waals surface area contributed by atoms with Gasteiger partial charge in [-0.3, -0.25) is 9.59 Å². The van der Waals surface area contributed by atoms with Gasteiger partial charge in [0.1, 0.15) is 30.1 Å². The van der Waals surface area contributed by atoms with E-state index in [-0.39, 0.29) is 12.5 Å². The number of β-lactam (4-membered cyclic amide) rings is 1. The molecule has 0 spiro atoms. The fourth-order valence-corrected chi connectivity index (χ4v) is 5.92. The van der Waals surface area contributed by atoms with Gasteiger partial charge in [-0.05, 0) is 25.0 Å². The zero-order valence-corrected chi connectivity index (χ0v) is 20.4. The Morgan fingerprint density at radius 1 is 1.06 bits per heavy atom. The van der Waals surface area contributed by atoms with E-state index < -0.39 is 46.2 Å². The number of methoxy groups -OCH3 is 1. The van der Waals surface area contributed by atoms with Gasteiger partial charge in [-0.1, -0.05) is 60.7 Å². The molecule has 0 saturated carbocycles. The summed E-state index contributed by atoms with van der Waals surface area (Å²) < 4.78 is 9.59. The van der Waals surface area contributed by atoms with Crippen LogP contribution >= 0.6 is 11.8 Å². The first-order chi connectivity index (χ1) is 16.7. The molecule has 0 aromatic heterocycles. The normalized spacial score (nSPS) is 22.9. The average molecular weight is 498 g/mol. The molecule has 2 aromatic carbocycles. The summed E-state index contributed by atoms with van der Waals surface area (Å²) in [4.78, 5) is 52.5. The predicted octanol–water partition coefficient (Wildman–Crippen LogP) is 2.37. The van der Waals surface area contributed by atoms with E-state index in [4.69, 9.17) is 9.47 Å². The fraction of sp³-hybridized carbons (Fsp3) is 0.360. The number of ether oxygens (including phenoxy) is 2. The lowest BCUT2D eigenvalue weighted by atomic mass is 9.95. The zero-order valence-electron chi connectivity index (χ0n) is 19.6. The van der Waals surface area contributed by atoms with Crippen molar-refractivity contribution in [2.45, 2.75) is 48.7 Å². The average Bonchev–Trinajstić information content (AvgIpc) is 3.12. The van der Waals surface area contributed by atoms with Crippen molar-refractivity contribution in [2.24, 2.45) is 0 Å². The van der Waals surface area contributed by atoms with Crippen LogP contribution < -0.4 is 10.6 Å². The molecule has 2 fully saturated rings. The van der Waals surface area contributed by atoms with Crippen molar-refractivity contribution in [1.29, 1.82) is 0 Å². The van der Waals surface area contributed by atoms with Crippen LogP contribution in [-0.4, -0.2) is 58.1 Å². The molecule has 2 aliphatic rings. The van der Waals surface area contributed by atoms with Crippen molar-refractivity contribution in [3.05, 3.63) is 71.8 Å². The quantitative estimate of drug-likeness (QED) is 0.446. The van der Waals surface area contributed by atoms with Crippen molar-refractivity contribution in [2.75, 3.05) is 7.11 Å². The maximum atomic E-state index is 13.3. The minimum Gasteiger partial charge on any atom is -0.467 e. The summed E-state index contributed by atoms with van der Waals surface area (Å²) in [6, 6.07) is 15.3. The van der Waals surface area contributed by atoms with Crippen LogP contribution in [0.15, 0.2) is 60.7 Å². The van der Waals surface area contributed by atoms with Gasteiger partial charge >= 0.3 is 12.1 Å². The molecule has 2 saturated heterocycles. The number of hydrogen-bond acceptors (Lipinski definition) is 7. The minimum atomic E-state index is -1.07. The zero-order chi connectivity index (χ0) is 25.2. The Bertz CT molecular complexity index is 1110. The van der Waals surface area contributed by atoms with Gasteiger partial charge < -0.3 is 25.0 Å². The summed E-state index contributed by atoms with van der Waals surface area (Å²) >= 11 is 1.43. The third kappa shape index (κ3) is 4.97. The van der Waals surface area contributed by atoms with Crippen molar-refractivity contribution in [3.8, 4) is 0 Å². The molecule has 2 aromatic rings. The number of hydrogen-bond donors (Lipinski definition) is 2. The molecule has 10 heteroatoms. The van der Waals surface area contributed by atoms with Crippen LogP contribution in [0.3, 0.4) is 0 Å². The summed E-state index contributed by atoms with van der Waals surface area (Å²) in [5, 5.41) is 4.95. The molecule has 2 aliphatic heterocycles. The number of fused-ring (bicyclic) bond motifs is 1. The first-order valence-corrected chi connectivity index (χ1v) is 12.0. The SMILES string of the molecule is COC(=O)[C@@H]1N2C(=O)C(NC(=O)[C@H](NC(=O)OCc3ccccc3)c3ccccc3)[C@H]2SC1(C)C. The molecule has 9 nitrogen and oxygen atoms in total. The Morgan fingerprint density at radius 3 is 2.31 bits per heavy atom. The third-order valence-electron chi connectivity index (χ3n) is 6.03. The molecule has 4 atom stereocenters. The van der Waals surface area contributed by atoms with Crippen LogP contribution in [-0.2, 0) is 30.5 Å². The molecule has 3 amide bonds. The Balaban J connectivity index is 1.45. The van der Waals surface area contributed by atoms with Gasteiger partial charge in [-0.25, -0.2) is 9.59 Å². The molecule has 2 heterocycles. The molecule has 0 radical (unpaired) electrons. The largest absolute Gasteiger partial charge is 0.467 e. The van der Waals surface area contributed by atoms with Gasteiger partial charge in [-0.2, -0.15) is 0 Å². The Kier molecular flexibility index (Phi) is 7.02. The topological polar surface area (TPSA) is 114 Å². The van der Waals surface area contributed by atoms with E-state index in [1.165, 1.54) is 23.8 Å². The number of nitrogens with zero attached hydrogens (tertiary/aromatic N) is 1. The number of nitrogens with one attached hydrogen (secondary N) is 2. The van der Waals surface area contributed by atoms with Crippen LogP contribution in [0.2, 0.25) is 0 Å². The number of amides is 3. The molecule has 0 bridgehead atoms. The molecular formula is C25H27N3O6S. The monoisotopic (exact) mass is 497 g/mol. The number of carbonyl (C=O) groups excluding carboxylic acids is 4. The minimum absolute atomic E-state index is 0.0502. The lowest BCUT2D eigenvalue weighted by Crippen LogP contribution is -2.71. The van der Waals surface area contributed by atoms with Crippen LogP contribution in [0.5, 0.6) is 0 Å². The van der Waals surface area contributed by atoms with E-state index >= 15 is 0 Å². The molecule has 4 rings (SSSR count). The van der Waals surface area contributed by atoms with Gasteiger partial charge in [0.25, 0.3) is 0 Å². The van der Waals surface area contributed by atoms with E-state index in [0.29, 0.717) is 5.56 Å². The van der Waals surface area contributed by atoms with Gasteiger partial charge in [-0.15, -0.1) is 11.8 Å². The fourth-order valence-electron chi connectivity index (χ4n) is 4.30. The summed E-state index contributed by atoms with van der Waals surface area (Å²) in [6.45, 7) is 3.77. The van der Waals surface area contributed by atoms with E-state index in [2.05, 4.69) is 10.6 Å². The first kappa shape index (κ1) is 24.6. The van der Waals surface area contributed by atoms with Crippen LogP contribution in [0.4, 0.5) is 4.79 Å². The molecule has 2 N–H and O–H groups in total.